The molecular formula is C34H25BrFN3O4. The summed E-state index contributed by atoms with van der Waals surface area (Å²) in [6, 6.07) is 24.5. The molecule has 0 aliphatic carbocycles. The number of ether oxygens (including phenoxy) is 2. The second-order valence-electron chi connectivity index (χ2n) is 9.73. The summed E-state index contributed by atoms with van der Waals surface area (Å²) in [6.45, 7) is 4.02. The van der Waals surface area contributed by atoms with Crippen LogP contribution in [0.2, 0.25) is 0 Å². The van der Waals surface area contributed by atoms with Gasteiger partial charge in [-0.2, -0.15) is 9.78 Å². The van der Waals surface area contributed by atoms with Crippen LogP contribution in [0.15, 0.2) is 116 Å². The van der Waals surface area contributed by atoms with Gasteiger partial charge in [0, 0.05) is 15.4 Å². The van der Waals surface area contributed by atoms with E-state index in [0.29, 0.717) is 51.3 Å². The number of hydrogen-bond acceptors (Lipinski definition) is 6. The van der Waals surface area contributed by atoms with Crippen LogP contribution in [-0.2, 0) is 13.0 Å². The van der Waals surface area contributed by atoms with E-state index in [1.807, 2.05) is 36.4 Å². The Morgan fingerprint density at radius 2 is 1.93 bits per heavy atom. The molecule has 0 aliphatic heterocycles. The molecule has 0 aliphatic rings. The third-order valence-electron chi connectivity index (χ3n) is 6.79. The second-order valence-corrected chi connectivity index (χ2v) is 10.6. The summed E-state index contributed by atoms with van der Waals surface area (Å²) in [5.74, 6) is 1.31. The molecule has 9 heteroatoms. The van der Waals surface area contributed by atoms with E-state index in [1.165, 1.54) is 16.8 Å². The molecule has 0 amide bonds. The van der Waals surface area contributed by atoms with E-state index < -0.39 is 0 Å². The molecular weight excluding hydrogens is 613 g/mol. The molecule has 0 bridgehead atoms. The van der Waals surface area contributed by atoms with Crippen molar-refractivity contribution in [1.29, 1.82) is 0 Å². The van der Waals surface area contributed by atoms with Crippen LogP contribution in [-0.4, -0.2) is 23.0 Å². The van der Waals surface area contributed by atoms with Gasteiger partial charge in [0.2, 0.25) is 5.82 Å². The number of allylic oxidation sites excluding steroid dienone is 1. The molecule has 0 saturated heterocycles. The van der Waals surface area contributed by atoms with Gasteiger partial charge in [-0.05, 0) is 78.2 Å². The number of halogens is 2. The Morgan fingerprint density at radius 1 is 1.07 bits per heavy atom. The third kappa shape index (κ3) is 5.85. The van der Waals surface area contributed by atoms with Gasteiger partial charge in [0.05, 0.1) is 24.2 Å². The lowest BCUT2D eigenvalue weighted by Crippen LogP contribution is -2.20. The molecule has 0 fully saturated rings. The lowest BCUT2D eigenvalue weighted by atomic mass is 10.1. The Morgan fingerprint density at radius 3 is 2.74 bits per heavy atom. The fraction of sp³-hybridized carbons (Fsp3) is 0.0882. The number of fused-ring (bicyclic) bond motifs is 2. The number of rotatable bonds is 9. The maximum absolute atomic E-state index is 13.7. The summed E-state index contributed by atoms with van der Waals surface area (Å²) >= 11 is 3.49. The monoisotopic (exact) mass is 637 g/mol. The van der Waals surface area contributed by atoms with Gasteiger partial charge in [0.1, 0.15) is 18.0 Å². The van der Waals surface area contributed by atoms with Crippen molar-refractivity contribution in [3.8, 4) is 23.1 Å². The van der Waals surface area contributed by atoms with Crippen LogP contribution < -0.4 is 15.0 Å². The summed E-state index contributed by atoms with van der Waals surface area (Å²) in [6.07, 6.45) is 3.79. The first-order valence-electron chi connectivity index (χ1n) is 13.4. The molecule has 0 N–H and O–H groups in total. The average molecular weight is 638 g/mol. The Bertz CT molecular complexity index is 2080. The largest absolute Gasteiger partial charge is 0.493 e. The molecule has 6 aromatic rings. The molecule has 7 nitrogen and oxygen atoms in total. The Labute approximate surface area is 254 Å². The Balaban J connectivity index is 1.43. The molecule has 0 atom stereocenters. The van der Waals surface area contributed by atoms with Crippen LogP contribution in [0.4, 0.5) is 4.39 Å². The predicted octanol–water partition coefficient (Wildman–Crippen LogP) is 7.91. The molecule has 0 radical (unpaired) electrons. The van der Waals surface area contributed by atoms with Gasteiger partial charge >= 0.3 is 0 Å². The predicted molar refractivity (Wildman–Crippen MR) is 170 cm³/mol. The molecule has 4 aromatic carbocycles. The SMILES string of the molecule is C=CCc1cc(C=Nn2c(-c3cc4cc(Br)ccc4o3)nc3ccccc3c2=O)cc(OC)c1OCc1cccc(F)c1. The fourth-order valence-electron chi connectivity index (χ4n) is 4.80. The Hall–Kier alpha value is -5.02. The van der Waals surface area contributed by atoms with Crippen molar-refractivity contribution >= 4 is 44.0 Å². The highest BCUT2D eigenvalue weighted by Crippen LogP contribution is 2.34. The van der Waals surface area contributed by atoms with E-state index in [-0.39, 0.29) is 23.8 Å². The van der Waals surface area contributed by atoms with Crippen LogP contribution in [0, 0.1) is 5.82 Å². The summed E-state index contributed by atoms with van der Waals surface area (Å²) in [5.41, 5.74) is 2.98. The van der Waals surface area contributed by atoms with Crippen molar-refractivity contribution < 1.29 is 18.3 Å². The number of benzene rings is 4. The highest BCUT2D eigenvalue weighted by molar-refractivity contribution is 9.10. The normalized spacial score (nSPS) is 11.4. The minimum atomic E-state index is -0.341. The van der Waals surface area contributed by atoms with Gasteiger partial charge in [-0.15, -0.1) is 6.58 Å². The highest BCUT2D eigenvalue weighted by Gasteiger charge is 2.17. The Kier molecular flexibility index (Phi) is 7.89. The van der Waals surface area contributed by atoms with Crippen molar-refractivity contribution in [3.63, 3.8) is 0 Å². The van der Waals surface area contributed by atoms with Gasteiger partial charge in [-0.25, -0.2) is 9.37 Å². The smallest absolute Gasteiger partial charge is 0.282 e. The van der Waals surface area contributed by atoms with E-state index in [9.17, 15) is 9.18 Å². The van der Waals surface area contributed by atoms with E-state index in [4.69, 9.17) is 18.9 Å². The van der Waals surface area contributed by atoms with Crippen molar-refractivity contribution in [3.05, 3.63) is 135 Å². The summed E-state index contributed by atoms with van der Waals surface area (Å²) in [7, 11) is 1.54. The molecule has 0 saturated carbocycles. The maximum atomic E-state index is 13.7. The fourth-order valence-corrected chi connectivity index (χ4v) is 5.18. The van der Waals surface area contributed by atoms with E-state index in [0.717, 1.165) is 15.4 Å². The van der Waals surface area contributed by atoms with Crippen LogP contribution >= 0.6 is 15.9 Å². The number of methoxy groups -OCH3 is 1. The van der Waals surface area contributed by atoms with Gasteiger partial charge in [0.15, 0.2) is 17.3 Å². The summed E-state index contributed by atoms with van der Waals surface area (Å²) in [4.78, 5) is 18.4. The quantitative estimate of drug-likeness (QED) is 0.119. The topological polar surface area (TPSA) is 78.9 Å². The first kappa shape index (κ1) is 28.1. The molecule has 43 heavy (non-hydrogen) atoms. The van der Waals surface area contributed by atoms with E-state index in [1.54, 1.807) is 55.8 Å². The highest BCUT2D eigenvalue weighted by atomic mass is 79.9. The molecule has 2 heterocycles. The average Bonchev–Trinajstić information content (AvgIpc) is 3.43. The van der Waals surface area contributed by atoms with Crippen LogP contribution in [0.25, 0.3) is 33.5 Å². The van der Waals surface area contributed by atoms with Gasteiger partial charge in [0.25, 0.3) is 5.56 Å². The molecule has 214 valence electrons. The number of hydrogen-bond donors (Lipinski definition) is 0. The number of para-hydroxylation sites is 1. The van der Waals surface area contributed by atoms with Gasteiger partial charge < -0.3 is 13.9 Å². The number of aromatic nitrogens is 2. The van der Waals surface area contributed by atoms with Crippen LogP contribution in [0.5, 0.6) is 11.5 Å². The zero-order valence-corrected chi connectivity index (χ0v) is 24.7. The van der Waals surface area contributed by atoms with Crippen LogP contribution in [0.1, 0.15) is 16.7 Å². The van der Waals surface area contributed by atoms with Crippen LogP contribution in [0.3, 0.4) is 0 Å². The number of furan rings is 1. The summed E-state index contributed by atoms with van der Waals surface area (Å²) in [5, 5.41) is 5.86. The number of nitrogens with zero attached hydrogens (tertiary/aromatic N) is 3. The zero-order valence-electron chi connectivity index (χ0n) is 23.1. The molecule has 2 aromatic heterocycles. The first-order valence-corrected chi connectivity index (χ1v) is 14.2. The molecule has 0 spiro atoms. The lowest BCUT2D eigenvalue weighted by Gasteiger charge is -2.16. The lowest BCUT2D eigenvalue weighted by molar-refractivity contribution is 0.281. The van der Waals surface area contributed by atoms with Crippen molar-refractivity contribution in [2.24, 2.45) is 5.10 Å². The van der Waals surface area contributed by atoms with Crippen molar-refractivity contribution in [2.75, 3.05) is 7.11 Å². The third-order valence-corrected chi connectivity index (χ3v) is 7.28. The van der Waals surface area contributed by atoms with Crippen molar-refractivity contribution in [2.45, 2.75) is 13.0 Å². The maximum Gasteiger partial charge on any atom is 0.282 e. The van der Waals surface area contributed by atoms with E-state index >= 15 is 0 Å². The van der Waals surface area contributed by atoms with Crippen molar-refractivity contribution in [1.82, 2.24) is 9.66 Å². The zero-order chi connectivity index (χ0) is 29.9. The van der Waals surface area contributed by atoms with Gasteiger partial charge in [-0.3, -0.25) is 4.79 Å². The minimum absolute atomic E-state index is 0.154. The van der Waals surface area contributed by atoms with E-state index in [2.05, 4.69) is 27.6 Å². The first-order chi connectivity index (χ1) is 20.9. The van der Waals surface area contributed by atoms with Gasteiger partial charge in [-0.1, -0.05) is 46.3 Å². The summed E-state index contributed by atoms with van der Waals surface area (Å²) < 4.78 is 33.7. The minimum Gasteiger partial charge on any atom is -0.493 e. The second kappa shape index (κ2) is 12.1. The molecule has 0 unspecified atom stereocenters. The standard InChI is InChI=1S/C34H25BrFN3O4/c1-3-7-23-14-22(16-30(41-2)32(23)42-20-21-8-6-9-26(36)15-21)19-37-39-33(38-28-11-5-4-10-27(28)34(39)40)31-18-24-17-25(35)12-13-29(24)43-31/h3-6,8-19H,1,7,20H2,2H3. The molecule has 6 rings (SSSR count).